The van der Waals surface area contributed by atoms with Crippen molar-refractivity contribution < 1.29 is 14.9 Å². The van der Waals surface area contributed by atoms with Crippen molar-refractivity contribution in [1.82, 2.24) is 0 Å². The second kappa shape index (κ2) is 6.18. The highest BCUT2D eigenvalue weighted by Crippen LogP contribution is 2.32. The van der Waals surface area contributed by atoms with Crippen LogP contribution in [0.3, 0.4) is 0 Å². The summed E-state index contributed by atoms with van der Waals surface area (Å²) in [6.07, 6.45) is 0.602. The molecule has 2 rings (SSSR count). The second-order valence-electron chi connectivity index (χ2n) is 4.81. The van der Waals surface area contributed by atoms with E-state index in [1.165, 1.54) is 0 Å². The average Bonchev–Trinajstić information content (AvgIpc) is 2.48. The monoisotopic (exact) mass is 282 g/mol. The Morgan fingerprint density at radius 1 is 1.05 bits per heavy atom. The lowest BCUT2D eigenvalue weighted by molar-refractivity contribution is 0.407. The first-order valence-electron chi connectivity index (χ1n) is 6.53. The van der Waals surface area contributed by atoms with Gasteiger partial charge in [0.2, 0.25) is 0 Å². The first-order valence-corrected chi connectivity index (χ1v) is 6.53. The number of methoxy groups -OCH3 is 1. The lowest BCUT2D eigenvalue weighted by atomic mass is 9.94. The Morgan fingerprint density at radius 3 is 2.29 bits per heavy atom. The van der Waals surface area contributed by atoms with Crippen molar-refractivity contribution in [2.75, 3.05) is 7.11 Å². The van der Waals surface area contributed by atoms with Gasteiger partial charge in [-0.05, 0) is 47.4 Å². The van der Waals surface area contributed by atoms with Crippen LogP contribution in [-0.4, -0.2) is 17.3 Å². The van der Waals surface area contributed by atoms with Gasteiger partial charge in [-0.1, -0.05) is 25.3 Å². The molecule has 0 bridgehead atoms. The molecule has 0 spiro atoms. The Labute approximate surface area is 124 Å². The Balaban J connectivity index is 2.15. The third kappa shape index (κ3) is 3.45. The van der Waals surface area contributed by atoms with Crippen molar-refractivity contribution in [1.29, 1.82) is 0 Å². The van der Waals surface area contributed by atoms with Gasteiger partial charge in [0.15, 0.2) is 0 Å². The minimum absolute atomic E-state index is 0.117. The SMILES string of the molecule is C=C(Cc1ccc(O)cc1)C(=C)c1ccc(OC)cc1O. The summed E-state index contributed by atoms with van der Waals surface area (Å²) in [6, 6.07) is 12.0. The van der Waals surface area contributed by atoms with Crippen LogP contribution >= 0.6 is 0 Å². The molecule has 0 aliphatic carbocycles. The highest BCUT2D eigenvalue weighted by molar-refractivity contribution is 5.80. The molecule has 0 fully saturated rings. The van der Waals surface area contributed by atoms with Crippen molar-refractivity contribution in [3.05, 3.63) is 72.3 Å². The Bertz CT molecular complexity index is 669. The second-order valence-corrected chi connectivity index (χ2v) is 4.81. The van der Waals surface area contributed by atoms with Crippen molar-refractivity contribution >= 4 is 5.57 Å². The maximum absolute atomic E-state index is 10.0. The van der Waals surface area contributed by atoms with E-state index in [0.717, 1.165) is 11.1 Å². The normalized spacial score (nSPS) is 10.1. The summed E-state index contributed by atoms with van der Waals surface area (Å²) in [5.74, 6) is 0.940. The molecule has 0 atom stereocenters. The summed E-state index contributed by atoms with van der Waals surface area (Å²) in [6.45, 7) is 8.03. The van der Waals surface area contributed by atoms with Crippen LogP contribution in [-0.2, 0) is 6.42 Å². The number of benzene rings is 2. The van der Waals surface area contributed by atoms with Gasteiger partial charge in [-0.2, -0.15) is 0 Å². The van der Waals surface area contributed by atoms with Crippen LogP contribution in [0.1, 0.15) is 11.1 Å². The highest BCUT2D eigenvalue weighted by atomic mass is 16.5. The summed E-state index contributed by atoms with van der Waals surface area (Å²) in [4.78, 5) is 0. The minimum atomic E-state index is 0.117. The quantitative estimate of drug-likeness (QED) is 0.817. The van der Waals surface area contributed by atoms with E-state index in [1.54, 1.807) is 37.4 Å². The molecule has 2 N–H and O–H groups in total. The lowest BCUT2D eigenvalue weighted by Gasteiger charge is -2.12. The van der Waals surface area contributed by atoms with Crippen molar-refractivity contribution in [2.45, 2.75) is 6.42 Å². The zero-order valence-electron chi connectivity index (χ0n) is 12.0. The number of aromatic hydroxyl groups is 2. The third-order valence-corrected chi connectivity index (χ3v) is 3.31. The number of hydrogen-bond donors (Lipinski definition) is 2. The molecule has 0 saturated heterocycles. The summed E-state index contributed by atoms with van der Waals surface area (Å²) in [7, 11) is 1.55. The number of phenols is 2. The molecular formula is C18H18O3. The molecule has 108 valence electrons. The summed E-state index contributed by atoms with van der Waals surface area (Å²) >= 11 is 0. The molecule has 21 heavy (non-hydrogen) atoms. The zero-order chi connectivity index (χ0) is 15.4. The number of ether oxygens (including phenoxy) is 1. The summed E-state index contributed by atoms with van der Waals surface area (Å²) in [5, 5.41) is 19.3. The van der Waals surface area contributed by atoms with E-state index in [4.69, 9.17) is 4.74 Å². The molecule has 0 aromatic heterocycles. The molecule has 0 saturated carbocycles. The largest absolute Gasteiger partial charge is 0.508 e. The van der Waals surface area contributed by atoms with E-state index in [0.29, 0.717) is 23.3 Å². The molecule has 2 aromatic rings. The van der Waals surface area contributed by atoms with Crippen LogP contribution in [0.5, 0.6) is 17.2 Å². The molecule has 0 aliphatic rings. The Hall–Kier alpha value is -2.68. The first kappa shape index (κ1) is 14.7. The predicted octanol–water partition coefficient (Wildman–Crippen LogP) is 3.92. The van der Waals surface area contributed by atoms with Gasteiger partial charge in [-0.15, -0.1) is 0 Å². The van der Waals surface area contributed by atoms with E-state index in [1.807, 2.05) is 12.1 Å². The third-order valence-electron chi connectivity index (χ3n) is 3.31. The predicted molar refractivity (Wildman–Crippen MR) is 84.6 cm³/mol. The standard InChI is InChI=1S/C18H18O3/c1-12(10-14-4-6-15(19)7-5-14)13(2)17-9-8-16(21-3)11-18(17)20/h4-9,11,19-20H,1-2,10H2,3H3. The van der Waals surface area contributed by atoms with Gasteiger partial charge in [0.05, 0.1) is 7.11 Å². The van der Waals surface area contributed by atoms with Crippen molar-refractivity contribution in [2.24, 2.45) is 0 Å². The van der Waals surface area contributed by atoms with Gasteiger partial charge < -0.3 is 14.9 Å². The average molecular weight is 282 g/mol. The van der Waals surface area contributed by atoms with E-state index in [9.17, 15) is 10.2 Å². The zero-order valence-corrected chi connectivity index (χ0v) is 12.0. The molecule has 3 nitrogen and oxygen atoms in total. The van der Waals surface area contributed by atoms with E-state index in [2.05, 4.69) is 13.2 Å². The van der Waals surface area contributed by atoms with Gasteiger partial charge in [0.25, 0.3) is 0 Å². The fraction of sp³-hybridized carbons (Fsp3) is 0.111. The van der Waals surface area contributed by atoms with Gasteiger partial charge in [0, 0.05) is 11.6 Å². The molecular weight excluding hydrogens is 264 g/mol. The number of allylic oxidation sites excluding steroid dienone is 2. The van der Waals surface area contributed by atoms with Crippen LogP contribution in [0.2, 0.25) is 0 Å². The van der Waals surface area contributed by atoms with Gasteiger partial charge in [0.1, 0.15) is 17.2 Å². The fourth-order valence-electron chi connectivity index (χ4n) is 2.05. The minimum Gasteiger partial charge on any atom is -0.508 e. The van der Waals surface area contributed by atoms with Crippen LogP contribution in [0, 0.1) is 0 Å². The number of rotatable bonds is 5. The van der Waals surface area contributed by atoms with Crippen molar-refractivity contribution in [3.63, 3.8) is 0 Å². The smallest absolute Gasteiger partial charge is 0.127 e. The number of phenolic OH excluding ortho intramolecular Hbond substituents is 2. The number of hydrogen-bond acceptors (Lipinski definition) is 3. The van der Waals surface area contributed by atoms with Crippen LogP contribution < -0.4 is 4.74 Å². The molecule has 0 aliphatic heterocycles. The van der Waals surface area contributed by atoms with E-state index >= 15 is 0 Å². The van der Waals surface area contributed by atoms with Gasteiger partial charge in [-0.3, -0.25) is 0 Å². The Kier molecular flexibility index (Phi) is 4.33. The lowest BCUT2D eigenvalue weighted by Crippen LogP contribution is -1.94. The van der Waals surface area contributed by atoms with Crippen LogP contribution in [0.4, 0.5) is 0 Å². The molecule has 0 heterocycles. The van der Waals surface area contributed by atoms with Gasteiger partial charge >= 0.3 is 0 Å². The van der Waals surface area contributed by atoms with Crippen molar-refractivity contribution in [3.8, 4) is 17.2 Å². The first-order chi connectivity index (χ1) is 10.0. The molecule has 0 radical (unpaired) electrons. The van der Waals surface area contributed by atoms with Gasteiger partial charge in [-0.25, -0.2) is 0 Å². The summed E-state index contributed by atoms with van der Waals surface area (Å²) < 4.78 is 5.06. The fourth-order valence-corrected chi connectivity index (χ4v) is 2.05. The highest BCUT2D eigenvalue weighted by Gasteiger charge is 2.10. The Morgan fingerprint density at radius 2 is 1.71 bits per heavy atom. The van der Waals surface area contributed by atoms with E-state index in [-0.39, 0.29) is 11.5 Å². The summed E-state index contributed by atoms with van der Waals surface area (Å²) in [5.41, 5.74) is 3.15. The van der Waals surface area contributed by atoms with Crippen LogP contribution in [0.15, 0.2) is 61.2 Å². The maximum atomic E-state index is 10.0. The molecule has 0 unspecified atom stereocenters. The van der Waals surface area contributed by atoms with E-state index < -0.39 is 0 Å². The molecule has 0 amide bonds. The van der Waals surface area contributed by atoms with Crippen LogP contribution in [0.25, 0.3) is 5.57 Å². The maximum Gasteiger partial charge on any atom is 0.127 e. The topological polar surface area (TPSA) is 49.7 Å². The molecule has 2 aromatic carbocycles. The molecule has 3 heteroatoms.